The van der Waals surface area contributed by atoms with Crippen LogP contribution in [0.3, 0.4) is 0 Å². The van der Waals surface area contributed by atoms with Crippen molar-refractivity contribution in [1.82, 2.24) is 0 Å². The van der Waals surface area contributed by atoms with Gasteiger partial charge in [0.2, 0.25) is 0 Å². The summed E-state index contributed by atoms with van der Waals surface area (Å²) in [5, 5.41) is 9.46. The van der Waals surface area contributed by atoms with Gasteiger partial charge in [-0.15, -0.1) is 0 Å². The highest BCUT2D eigenvalue weighted by Gasteiger charge is 2.13. The zero-order valence-electron chi connectivity index (χ0n) is 7.93. The fourth-order valence-corrected chi connectivity index (χ4v) is 1.58. The molecule has 0 bridgehead atoms. The van der Waals surface area contributed by atoms with E-state index in [-0.39, 0.29) is 11.7 Å². The summed E-state index contributed by atoms with van der Waals surface area (Å²) >= 11 is 3.07. The van der Waals surface area contributed by atoms with Crippen LogP contribution in [0.15, 0.2) is 16.6 Å². The van der Waals surface area contributed by atoms with Crippen molar-refractivity contribution in [3.05, 3.63) is 28.0 Å². The molecule has 0 aliphatic carbocycles. The van der Waals surface area contributed by atoms with Gasteiger partial charge in [0.05, 0.1) is 4.47 Å². The van der Waals surface area contributed by atoms with Crippen LogP contribution < -0.4 is 5.73 Å². The van der Waals surface area contributed by atoms with Gasteiger partial charge in [-0.05, 0) is 46.9 Å². The number of benzene rings is 1. The van der Waals surface area contributed by atoms with Crippen LogP contribution in [0.1, 0.15) is 12.5 Å². The Kier molecular flexibility index (Phi) is 3.89. The highest BCUT2D eigenvalue weighted by molar-refractivity contribution is 9.10. The molecular formula is C10H13BrFNO. The molecule has 0 fully saturated rings. The van der Waals surface area contributed by atoms with Crippen molar-refractivity contribution in [3.8, 4) is 5.75 Å². The Morgan fingerprint density at radius 3 is 2.79 bits per heavy atom. The largest absolute Gasteiger partial charge is 0.508 e. The molecule has 0 aliphatic heterocycles. The number of hydrogen-bond donors (Lipinski definition) is 2. The smallest absolute Gasteiger partial charge is 0.144 e. The van der Waals surface area contributed by atoms with E-state index in [0.717, 1.165) is 0 Å². The number of aromatic hydroxyl groups is 1. The second-order valence-corrected chi connectivity index (χ2v) is 4.26. The van der Waals surface area contributed by atoms with Crippen molar-refractivity contribution >= 4 is 15.9 Å². The molecule has 3 N–H and O–H groups in total. The van der Waals surface area contributed by atoms with Crippen LogP contribution in [0.2, 0.25) is 0 Å². The van der Waals surface area contributed by atoms with Gasteiger partial charge >= 0.3 is 0 Å². The highest BCUT2D eigenvalue weighted by atomic mass is 79.9. The molecule has 0 aliphatic rings. The summed E-state index contributed by atoms with van der Waals surface area (Å²) in [5.74, 6) is -0.249. The van der Waals surface area contributed by atoms with Gasteiger partial charge < -0.3 is 10.8 Å². The number of hydrogen-bond acceptors (Lipinski definition) is 2. The average molecular weight is 262 g/mol. The van der Waals surface area contributed by atoms with E-state index in [0.29, 0.717) is 23.0 Å². The monoisotopic (exact) mass is 261 g/mol. The molecule has 0 amide bonds. The van der Waals surface area contributed by atoms with Crippen LogP contribution in [0, 0.1) is 11.7 Å². The van der Waals surface area contributed by atoms with Gasteiger partial charge in [-0.25, -0.2) is 4.39 Å². The highest BCUT2D eigenvalue weighted by Crippen LogP contribution is 2.28. The number of halogens is 2. The second-order valence-electron chi connectivity index (χ2n) is 3.40. The maximum absolute atomic E-state index is 13.5. The maximum atomic E-state index is 13.5. The Labute approximate surface area is 91.1 Å². The minimum Gasteiger partial charge on any atom is -0.508 e. The number of rotatable bonds is 3. The SMILES string of the molecule is CC(CN)Cc1c(O)ccc(Br)c1F. The lowest BCUT2D eigenvalue weighted by atomic mass is 10.00. The first kappa shape index (κ1) is 11.5. The summed E-state index contributed by atoms with van der Waals surface area (Å²) in [7, 11) is 0. The van der Waals surface area contributed by atoms with Gasteiger partial charge in [-0.2, -0.15) is 0 Å². The minimum absolute atomic E-state index is 0.00833. The molecule has 1 rings (SSSR count). The van der Waals surface area contributed by atoms with E-state index in [9.17, 15) is 9.50 Å². The summed E-state index contributed by atoms with van der Waals surface area (Å²) in [6.07, 6.45) is 0.452. The predicted molar refractivity (Wildman–Crippen MR) is 57.7 cm³/mol. The van der Waals surface area contributed by atoms with E-state index in [2.05, 4.69) is 15.9 Å². The molecule has 1 aromatic carbocycles. The molecule has 0 saturated heterocycles. The van der Waals surface area contributed by atoms with E-state index >= 15 is 0 Å². The van der Waals surface area contributed by atoms with Crippen molar-refractivity contribution in [2.75, 3.05) is 6.54 Å². The zero-order valence-corrected chi connectivity index (χ0v) is 9.51. The normalized spacial score (nSPS) is 12.9. The third-order valence-electron chi connectivity index (χ3n) is 2.13. The topological polar surface area (TPSA) is 46.2 Å². The molecule has 0 spiro atoms. The van der Waals surface area contributed by atoms with E-state index in [4.69, 9.17) is 5.73 Å². The molecule has 4 heteroatoms. The first-order valence-corrected chi connectivity index (χ1v) is 5.21. The molecule has 14 heavy (non-hydrogen) atoms. The molecule has 0 heterocycles. The van der Waals surface area contributed by atoms with E-state index in [1.807, 2.05) is 6.92 Å². The third kappa shape index (κ3) is 2.45. The fourth-order valence-electron chi connectivity index (χ4n) is 1.21. The van der Waals surface area contributed by atoms with Gasteiger partial charge in [0, 0.05) is 5.56 Å². The van der Waals surface area contributed by atoms with Gasteiger partial charge in [-0.3, -0.25) is 0 Å². The average Bonchev–Trinajstić information content (AvgIpc) is 2.18. The van der Waals surface area contributed by atoms with Gasteiger partial charge in [0.15, 0.2) is 0 Å². The van der Waals surface area contributed by atoms with E-state index in [1.54, 1.807) is 0 Å². The first-order chi connectivity index (χ1) is 6.56. The standard InChI is InChI=1S/C10H13BrFNO/c1-6(5-13)4-7-9(14)3-2-8(11)10(7)12/h2-3,6,14H,4-5,13H2,1H3. The van der Waals surface area contributed by atoms with E-state index in [1.165, 1.54) is 12.1 Å². The Bertz CT molecular complexity index is 330. The van der Waals surface area contributed by atoms with Crippen molar-refractivity contribution in [2.24, 2.45) is 11.7 Å². The summed E-state index contributed by atoms with van der Waals surface area (Å²) in [6, 6.07) is 2.97. The molecule has 0 radical (unpaired) electrons. The lowest BCUT2D eigenvalue weighted by Crippen LogP contribution is -2.14. The summed E-state index contributed by atoms with van der Waals surface area (Å²) in [5.41, 5.74) is 5.77. The number of phenolic OH excluding ortho intramolecular Hbond substituents is 1. The van der Waals surface area contributed by atoms with Crippen molar-refractivity contribution < 1.29 is 9.50 Å². The first-order valence-electron chi connectivity index (χ1n) is 4.42. The van der Waals surface area contributed by atoms with E-state index < -0.39 is 5.82 Å². The van der Waals surface area contributed by atoms with Gasteiger partial charge in [0.1, 0.15) is 11.6 Å². The van der Waals surface area contributed by atoms with Crippen LogP contribution in [-0.4, -0.2) is 11.7 Å². The number of phenols is 1. The predicted octanol–water partition coefficient (Wildman–Crippen LogP) is 2.43. The molecule has 1 aromatic rings. The molecule has 78 valence electrons. The maximum Gasteiger partial charge on any atom is 0.144 e. The Hall–Kier alpha value is -0.610. The van der Waals surface area contributed by atoms with Crippen molar-refractivity contribution in [1.29, 1.82) is 0 Å². The third-order valence-corrected chi connectivity index (χ3v) is 2.74. The second kappa shape index (κ2) is 4.75. The van der Waals surface area contributed by atoms with Crippen LogP contribution in [0.5, 0.6) is 5.75 Å². The van der Waals surface area contributed by atoms with Gasteiger partial charge in [-0.1, -0.05) is 6.92 Å². The fraction of sp³-hybridized carbons (Fsp3) is 0.400. The summed E-state index contributed by atoms with van der Waals surface area (Å²) in [4.78, 5) is 0. The van der Waals surface area contributed by atoms with Gasteiger partial charge in [0.25, 0.3) is 0 Å². The lowest BCUT2D eigenvalue weighted by Gasteiger charge is -2.11. The van der Waals surface area contributed by atoms with Crippen LogP contribution in [0.4, 0.5) is 4.39 Å². The Balaban J connectivity index is 3.00. The zero-order chi connectivity index (χ0) is 10.7. The molecular weight excluding hydrogens is 249 g/mol. The summed E-state index contributed by atoms with van der Waals surface area (Å²) in [6.45, 7) is 2.39. The number of nitrogens with two attached hydrogens (primary N) is 1. The lowest BCUT2D eigenvalue weighted by molar-refractivity contribution is 0.447. The molecule has 1 atom stereocenters. The van der Waals surface area contributed by atoms with Crippen LogP contribution in [0.25, 0.3) is 0 Å². The van der Waals surface area contributed by atoms with Crippen LogP contribution >= 0.6 is 15.9 Å². The Morgan fingerprint density at radius 2 is 2.21 bits per heavy atom. The van der Waals surface area contributed by atoms with Crippen molar-refractivity contribution in [2.45, 2.75) is 13.3 Å². The summed E-state index contributed by atoms with van der Waals surface area (Å²) < 4.78 is 13.9. The van der Waals surface area contributed by atoms with Crippen LogP contribution in [-0.2, 0) is 6.42 Å². The molecule has 1 unspecified atom stereocenters. The molecule has 0 saturated carbocycles. The molecule has 2 nitrogen and oxygen atoms in total. The Morgan fingerprint density at radius 1 is 1.57 bits per heavy atom. The van der Waals surface area contributed by atoms with Crippen molar-refractivity contribution in [3.63, 3.8) is 0 Å². The molecule has 0 aromatic heterocycles. The minimum atomic E-state index is -0.398. The quantitative estimate of drug-likeness (QED) is 0.878.